The number of benzene rings is 2. The largest absolute Gasteiger partial charge is 0.480 e. The lowest BCUT2D eigenvalue weighted by Gasteiger charge is -2.25. The van der Waals surface area contributed by atoms with E-state index in [9.17, 15) is 14.7 Å². The van der Waals surface area contributed by atoms with Crippen LogP contribution >= 0.6 is 23.5 Å². The van der Waals surface area contributed by atoms with Gasteiger partial charge in [0.15, 0.2) is 0 Å². The first-order valence-corrected chi connectivity index (χ1v) is 17.4. The van der Waals surface area contributed by atoms with Crippen LogP contribution in [0.3, 0.4) is 0 Å². The molecule has 41 heavy (non-hydrogen) atoms. The van der Waals surface area contributed by atoms with Gasteiger partial charge in [0.25, 0.3) is 5.91 Å². The third-order valence-corrected chi connectivity index (χ3v) is 10.6. The number of carboxylic acid groups (broad SMARTS) is 1. The van der Waals surface area contributed by atoms with Gasteiger partial charge in [-0.15, -0.1) is 0 Å². The van der Waals surface area contributed by atoms with Crippen LogP contribution in [0.5, 0.6) is 0 Å². The number of aryl methyl sites for hydroxylation is 1. The molecule has 4 rings (SSSR count). The number of carbonyl (C=O) groups excluding carboxylic acids is 1. The molecule has 2 aliphatic rings. The highest BCUT2D eigenvalue weighted by molar-refractivity contribution is 8.00. The van der Waals surface area contributed by atoms with E-state index in [2.05, 4.69) is 28.0 Å². The topological polar surface area (TPSA) is 78.9 Å². The Hall–Kier alpha value is -2.00. The van der Waals surface area contributed by atoms with Crippen LogP contribution in [0.25, 0.3) is 11.1 Å². The Balaban J connectivity index is 1.53. The van der Waals surface area contributed by atoms with Gasteiger partial charge in [0.2, 0.25) is 0 Å². The van der Waals surface area contributed by atoms with Crippen LogP contribution in [-0.2, 0) is 16.1 Å². The molecule has 0 spiro atoms. The van der Waals surface area contributed by atoms with Gasteiger partial charge in [-0.2, -0.15) is 23.5 Å². The van der Waals surface area contributed by atoms with Gasteiger partial charge in [0.05, 0.1) is 6.61 Å². The molecule has 2 N–H and O–H groups in total. The second-order valence-corrected chi connectivity index (χ2v) is 13.9. The van der Waals surface area contributed by atoms with Crippen LogP contribution in [0.15, 0.2) is 42.5 Å². The number of nitrogens with one attached hydrogen (secondary N) is 1. The van der Waals surface area contributed by atoms with Crippen LogP contribution in [0.2, 0.25) is 0 Å². The van der Waals surface area contributed by atoms with Gasteiger partial charge in [-0.3, -0.25) is 9.69 Å². The number of likely N-dealkylation sites (tertiary alicyclic amines) is 1. The van der Waals surface area contributed by atoms with Gasteiger partial charge in [0, 0.05) is 37.1 Å². The molecular weight excluding hydrogens is 553 g/mol. The molecule has 0 radical (unpaired) electrons. The molecule has 3 atom stereocenters. The van der Waals surface area contributed by atoms with E-state index < -0.39 is 12.0 Å². The predicted molar refractivity (Wildman–Crippen MR) is 172 cm³/mol. The summed E-state index contributed by atoms with van der Waals surface area (Å²) in [5.74, 6) is 1.46. The van der Waals surface area contributed by atoms with Crippen LogP contribution in [0.1, 0.15) is 66.4 Å². The summed E-state index contributed by atoms with van der Waals surface area (Å²) in [7, 11) is 1.79. The van der Waals surface area contributed by atoms with Crippen molar-refractivity contribution >= 4 is 35.4 Å². The summed E-state index contributed by atoms with van der Waals surface area (Å²) in [4.78, 5) is 27.8. The zero-order valence-electron chi connectivity index (χ0n) is 24.8. The lowest BCUT2D eigenvalue weighted by molar-refractivity contribution is -0.139. The summed E-state index contributed by atoms with van der Waals surface area (Å²) >= 11 is 3.73. The smallest absolute Gasteiger partial charge is 0.326 e. The first kappa shape index (κ1) is 31.9. The quantitative estimate of drug-likeness (QED) is 0.257. The van der Waals surface area contributed by atoms with Crippen LogP contribution < -0.4 is 5.32 Å². The molecule has 1 aliphatic heterocycles. The van der Waals surface area contributed by atoms with E-state index in [0.717, 1.165) is 54.3 Å². The SMILES string of the molecule is COC[C@H]1C[C@H](SCC2CCCCC2)CN1Cc1ccc(C(=O)N[C@@H](CCSC)C(=O)O)c(-c2ccccc2C)c1. The van der Waals surface area contributed by atoms with E-state index in [1.807, 2.05) is 49.6 Å². The standard InChI is InChI=1S/C33H46N2O4S2/c1-23-9-7-8-12-28(23)30-17-25(13-14-29(30)32(36)34-31(33(37)38)15-16-40-3)19-35-20-27(18-26(35)21-39-2)41-22-24-10-5-4-6-11-24/h7-9,12-14,17,24,26-27,31H,4-6,10-11,15-16,18-22H2,1-3H3,(H,34,36)(H,37,38)/t26-,27+,31+/m1/s1. The number of ether oxygens (including phenoxy) is 1. The number of thioether (sulfide) groups is 2. The second kappa shape index (κ2) is 16.0. The summed E-state index contributed by atoms with van der Waals surface area (Å²) in [5.41, 5.74) is 4.57. The highest BCUT2D eigenvalue weighted by Crippen LogP contribution is 2.35. The Kier molecular flexibility index (Phi) is 12.5. The molecule has 0 bridgehead atoms. The van der Waals surface area contributed by atoms with Crippen molar-refractivity contribution in [3.05, 3.63) is 59.2 Å². The first-order valence-electron chi connectivity index (χ1n) is 15.0. The highest BCUT2D eigenvalue weighted by atomic mass is 32.2. The lowest BCUT2D eigenvalue weighted by atomic mass is 9.91. The zero-order valence-corrected chi connectivity index (χ0v) is 26.4. The highest BCUT2D eigenvalue weighted by Gasteiger charge is 2.33. The van der Waals surface area contributed by atoms with Crippen molar-refractivity contribution in [2.75, 3.05) is 38.0 Å². The van der Waals surface area contributed by atoms with Gasteiger partial charge < -0.3 is 15.2 Å². The Morgan fingerprint density at radius 1 is 1.12 bits per heavy atom. The molecule has 2 aromatic rings. The minimum absolute atomic E-state index is 0.346. The third kappa shape index (κ3) is 8.99. The Bertz CT molecular complexity index is 1150. The first-order chi connectivity index (χ1) is 19.9. The lowest BCUT2D eigenvalue weighted by Crippen LogP contribution is -2.41. The Labute approximate surface area is 254 Å². The molecule has 8 heteroatoms. The fourth-order valence-corrected chi connectivity index (χ4v) is 8.20. The molecule has 2 fully saturated rings. The summed E-state index contributed by atoms with van der Waals surface area (Å²) < 4.78 is 5.63. The van der Waals surface area contributed by atoms with Crippen LogP contribution in [-0.4, -0.2) is 77.2 Å². The molecule has 1 saturated carbocycles. The maximum absolute atomic E-state index is 13.5. The minimum atomic E-state index is -1.00. The van der Waals surface area contributed by atoms with Crippen LogP contribution in [0.4, 0.5) is 0 Å². The second-order valence-electron chi connectivity index (χ2n) is 11.6. The van der Waals surface area contributed by atoms with Crippen molar-refractivity contribution in [1.29, 1.82) is 0 Å². The molecule has 0 aromatic heterocycles. The maximum Gasteiger partial charge on any atom is 0.326 e. The number of aliphatic carboxylic acids is 1. The number of nitrogens with zero attached hydrogens (tertiary/aromatic N) is 1. The molecule has 6 nitrogen and oxygen atoms in total. The van der Waals surface area contributed by atoms with Crippen molar-refractivity contribution in [2.24, 2.45) is 5.92 Å². The van der Waals surface area contributed by atoms with Crippen LogP contribution in [0, 0.1) is 12.8 Å². The fourth-order valence-electron chi connectivity index (χ4n) is 6.19. The average Bonchev–Trinajstić information content (AvgIpc) is 3.35. The van der Waals surface area contributed by atoms with Crippen molar-refractivity contribution in [1.82, 2.24) is 10.2 Å². The van der Waals surface area contributed by atoms with Gasteiger partial charge in [-0.05, 0) is 90.7 Å². The molecule has 1 amide bonds. The van der Waals surface area contributed by atoms with Crippen molar-refractivity contribution in [3.63, 3.8) is 0 Å². The van der Waals surface area contributed by atoms with E-state index in [1.165, 1.54) is 37.9 Å². The zero-order chi connectivity index (χ0) is 29.2. The van der Waals surface area contributed by atoms with Gasteiger partial charge in [0.1, 0.15) is 6.04 Å². The maximum atomic E-state index is 13.5. The number of carbonyl (C=O) groups is 2. The minimum Gasteiger partial charge on any atom is -0.480 e. The molecule has 1 heterocycles. The molecule has 1 saturated heterocycles. The number of rotatable bonds is 14. The van der Waals surface area contributed by atoms with E-state index in [4.69, 9.17) is 4.74 Å². The van der Waals surface area contributed by atoms with Crippen molar-refractivity contribution in [2.45, 2.75) is 75.7 Å². The van der Waals surface area contributed by atoms with E-state index in [1.54, 1.807) is 18.9 Å². The monoisotopic (exact) mass is 598 g/mol. The number of hydrogen-bond donors (Lipinski definition) is 2. The Morgan fingerprint density at radius 3 is 2.61 bits per heavy atom. The normalized spacial score (nSPS) is 20.7. The van der Waals surface area contributed by atoms with Gasteiger partial charge >= 0.3 is 5.97 Å². The number of hydrogen-bond acceptors (Lipinski definition) is 6. The number of methoxy groups -OCH3 is 1. The summed E-state index contributed by atoms with van der Waals surface area (Å²) in [6, 6.07) is 13.6. The fraction of sp³-hybridized carbons (Fsp3) is 0.576. The molecule has 0 unspecified atom stereocenters. The van der Waals surface area contributed by atoms with Gasteiger partial charge in [-0.1, -0.05) is 49.6 Å². The molecule has 1 aliphatic carbocycles. The molecular formula is C33H46N2O4S2. The average molecular weight is 599 g/mol. The summed E-state index contributed by atoms with van der Waals surface area (Å²) in [5, 5.41) is 13.1. The molecule has 2 aromatic carbocycles. The van der Waals surface area contributed by atoms with E-state index in [-0.39, 0.29) is 5.91 Å². The summed E-state index contributed by atoms with van der Waals surface area (Å²) in [6.45, 7) is 4.60. The number of carboxylic acids is 1. The van der Waals surface area contributed by atoms with E-state index in [0.29, 0.717) is 29.0 Å². The van der Waals surface area contributed by atoms with Gasteiger partial charge in [-0.25, -0.2) is 4.79 Å². The van der Waals surface area contributed by atoms with Crippen molar-refractivity contribution < 1.29 is 19.4 Å². The summed E-state index contributed by atoms with van der Waals surface area (Å²) in [6.07, 6.45) is 10.4. The predicted octanol–water partition coefficient (Wildman–Crippen LogP) is 6.50. The van der Waals surface area contributed by atoms with E-state index >= 15 is 0 Å². The number of amides is 1. The Morgan fingerprint density at radius 2 is 1.90 bits per heavy atom. The third-order valence-electron chi connectivity index (χ3n) is 8.50. The molecule has 224 valence electrons. The van der Waals surface area contributed by atoms with Crippen molar-refractivity contribution in [3.8, 4) is 11.1 Å².